The predicted molar refractivity (Wildman–Crippen MR) is 60.3 cm³/mol. The van der Waals surface area contributed by atoms with Crippen LogP contribution in [0.4, 0.5) is 0 Å². The van der Waals surface area contributed by atoms with E-state index in [0.29, 0.717) is 24.5 Å². The minimum atomic E-state index is -3.41. The molecule has 1 aromatic carbocycles. The van der Waals surface area contributed by atoms with Crippen LogP contribution in [0.5, 0.6) is 0 Å². The van der Waals surface area contributed by atoms with E-state index >= 15 is 0 Å². The Balaban J connectivity index is 2.73. The first-order valence-electron chi connectivity index (χ1n) is 4.51. The fourth-order valence-corrected chi connectivity index (χ4v) is 2.21. The highest BCUT2D eigenvalue weighted by Gasteiger charge is 2.12. The molecule has 0 unspecified atom stereocenters. The summed E-state index contributed by atoms with van der Waals surface area (Å²) in [6.07, 6.45) is 0.618. The van der Waals surface area contributed by atoms with Crippen LogP contribution in [0.2, 0.25) is 5.02 Å². The Morgan fingerprint density at radius 1 is 1.27 bits per heavy atom. The Hall–Kier alpha value is -0.620. The highest BCUT2D eigenvalue weighted by molar-refractivity contribution is 7.89. The van der Waals surface area contributed by atoms with Gasteiger partial charge in [0.15, 0.2) is 0 Å². The molecule has 1 rings (SSSR count). The highest BCUT2D eigenvalue weighted by atomic mass is 35.5. The van der Waals surface area contributed by atoms with Crippen molar-refractivity contribution >= 4 is 21.6 Å². The van der Waals surface area contributed by atoms with Gasteiger partial charge in [0.05, 0.1) is 4.90 Å². The van der Waals surface area contributed by atoms with E-state index in [9.17, 15) is 8.42 Å². The summed E-state index contributed by atoms with van der Waals surface area (Å²) in [6, 6.07) is 6.01. The molecule has 1 aromatic rings. The molecular weight excluding hydrogens is 236 g/mol. The molecule has 0 atom stereocenters. The van der Waals surface area contributed by atoms with Crippen molar-refractivity contribution in [2.75, 3.05) is 13.1 Å². The topological polar surface area (TPSA) is 72.2 Å². The molecule has 0 aromatic heterocycles. The smallest absolute Gasteiger partial charge is 0.240 e. The van der Waals surface area contributed by atoms with E-state index in [4.69, 9.17) is 17.3 Å². The Bertz CT molecular complexity index is 403. The molecule has 0 amide bonds. The summed E-state index contributed by atoms with van der Waals surface area (Å²) in [6.45, 7) is 0.810. The molecular formula is C9H13ClN2O2S. The molecule has 0 bridgehead atoms. The van der Waals surface area contributed by atoms with E-state index in [1.54, 1.807) is 12.1 Å². The molecule has 15 heavy (non-hydrogen) atoms. The summed E-state index contributed by atoms with van der Waals surface area (Å²) in [5.41, 5.74) is 5.26. The average Bonchev–Trinajstić information content (AvgIpc) is 2.18. The molecule has 6 heteroatoms. The van der Waals surface area contributed by atoms with Crippen LogP contribution in [0.15, 0.2) is 29.2 Å². The number of hydrogen-bond donors (Lipinski definition) is 2. The van der Waals surface area contributed by atoms with E-state index in [1.807, 2.05) is 0 Å². The first-order valence-corrected chi connectivity index (χ1v) is 6.37. The molecule has 0 fully saturated rings. The van der Waals surface area contributed by atoms with Gasteiger partial charge in [0.2, 0.25) is 10.0 Å². The lowest BCUT2D eigenvalue weighted by molar-refractivity contribution is 0.579. The Kier molecular flexibility index (Phi) is 4.53. The number of hydrogen-bond acceptors (Lipinski definition) is 3. The fraction of sp³-hybridized carbons (Fsp3) is 0.333. The SMILES string of the molecule is NCCCNS(=O)(=O)c1ccc(Cl)cc1. The monoisotopic (exact) mass is 248 g/mol. The summed E-state index contributed by atoms with van der Waals surface area (Å²) in [5, 5.41) is 0.510. The molecule has 3 N–H and O–H groups in total. The van der Waals surface area contributed by atoms with Crippen molar-refractivity contribution in [1.82, 2.24) is 4.72 Å². The lowest BCUT2D eigenvalue weighted by atomic mass is 10.4. The number of nitrogens with one attached hydrogen (secondary N) is 1. The summed E-state index contributed by atoms with van der Waals surface area (Å²) in [4.78, 5) is 0.212. The first kappa shape index (κ1) is 12.4. The third-order valence-corrected chi connectivity index (χ3v) is 3.53. The van der Waals surface area contributed by atoms with Gasteiger partial charge in [-0.15, -0.1) is 0 Å². The fourth-order valence-electron chi connectivity index (χ4n) is 1.01. The van der Waals surface area contributed by atoms with Gasteiger partial charge in [-0.25, -0.2) is 13.1 Å². The molecule has 0 spiro atoms. The van der Waals surface area contributed by atoms with Crippen molar-refractivity contribution in [1.29, 1.82) is 0 Å². The van der Waals surface area contributed by atoms with Gasteiger partial charge in [-0.2, -0.15) is 0 Å². The van der Waals surface area contributed by atoms with Crippen molar-refractivity contribution < 1.29 is 8.42 Å². The summed E-state index contributed by atoms with van der Waals surface area (Å²) >= 11 is 5.66. The second-order valence-corrected chi connectivity index (χ2v) is 5.20. The Morgan fingerprint density at radius 2 is 1.87 bits per heavy atom. The maximum absolute atomic E-state index is 11.6. The van der Waals surface area contributed by atoms with Crippen LogP contribution in [0.25, 0.3) is 0 Å². The first-order chi connectivity index (χ1) is 7.06. The molecule has 0 aliphatic rings. The number of rotatable bonds is 5. The van der Waals surface area contributed by atoms with E-state index in [-0.39, 0.29) is 4.90 Å². The lowest BCUT2D eigenvalue weighted by Crippen LogP contribution is -2.26. The molecule has 0 radical (unpaired) electrons. The van der Waals surface area contributed by atoms with Gasteiger partial charge >= 0.3 is 0 Å². The standard InChI is InChI=1S/C9H13ClN2O2S/c10-8-2-4-9(5-3-8)15(13,14)12-7-1-6-11/h2-5,12H,1,6-7,11H2. The van der Waals surface area contributed by atoms with Gasteiger partial charge in [0.25, 0.3) is 0 Å². The van der Waals surface area contributed by atoms with Crippen molar-refractivity contribution in [2.45, 2.75) is 11.3 Å². The van der Waals surface area contributed by atoms with Crippen LogP contribution in [-0.2, 0) is 10.0 Å². The van der Waals surface area contributed by atoms with E-state index in [2.05, 4.69) is 4.72 Å². The Morgan fingerprint density at radius 3 is 2.40 bits per heavy atom. The van der Waals surface area contributed by atoms with Crippen molar-refractivity contribution in [3.8, 4) is 0 Å². The number of sulfonamides is 1. The molecule has 0 heterocycles. The number of halogens is 1. The Labute approximate surface area is 94.5 Å². The van der Waals surface area contributed by atoms with Crippen LogP contribution in [0.1, 0.15) is 6.42 Å². The van der Waals surface area contributed by atoms with Crippen LogP contribution < -0.4 is 10.5 Å². The molecule has 0 aliphatic carbocycles. The molecule has 0 saturated heterocycles. The van der Waals surface area contributed by atoms with Crippen LogP contribution in [0, 0.1) is 0 Å². The van der Waals surface area contributed by atoms with Crippen LogP contribution >= 0.6 is 11.6 Å². The second kappa shape index (κ2) is 5.46. The van der Waals surface area contributed by atoms with Gasteiger partial charge in [-0.3, -0.25) is 0 Å². The van der Waals surface area contributed by atoms with Crippen molar-refractivity contribution in [3.05, 3.63) is 29.3 Å². The summed E-state index contributed by atoms with van der Waals surface area (Å²) in [5.74, 6) is 0. The second-order valence-electron chi connectivity index (χ2n) is 2.99. The predicted octanol–water partition coefficient (Wildman–Crippen LogP) is 0.967. The third-order valence-electron chi connectivity index (χ3n) is 1.80. The molecule has 4 nitrogen and oxygen atoms in total. The number of benzene rings is 1. The third kappa shape index (κ3) is 3.79. The zero-order chi connectivity index (χ0) is 11.3. The largest absolute Gasteiger partial charge is 0.330 e. The highest BCUT2D eigenvalue weighted by Crippen LogP contribution is 2.13. The van der Waals surface area contributed by atoms with Crippen molar-refractivity contribution in [2.24, 2.45) is 5.73 Å². The maximum atomic E-state index is 11.6. The lowest BCUT2D eigenvalue weighted by Gasteiger charge is -2.05. The molecule has 84 valence electrons. The van der Waals surface area contributed by atoms with Crippen LogP contribution in [0.3, 0.4) is 0 Å². The minimum absolute atomic E-state index is 0.212. The zero-order valence-corrected chi connectivity index (χ0v) is 9.68. The van der Waals surface area contributed by atoms with Gasteiger partial charge in [-0.1, -0.05) is 11.6 Å². The quantitative estimate of drug-likeness (QED) is 0.763. The normalized spacial score (nSPS) is 11.6. The van der Waals surface area contributed by atoms with Gasteiger partial charge in [0, 0.05) is 11.6 Å². The van der Waals surface area contributed by atoms with Gasteiger partial charge in [0.1, 0.15) is 0 Å². The summed E-state index contributed by atoms with van der Waals surface area (Å²) < 4.78 is 25.7. The molecule has 0 saturated carbocycles. The summed E-state index contributed by atoms with van der Waals surface area (Å²) in [7, 11) is -3.41. The maximum Gasteiger partial charge on any atom is 0.240 e. The molecule has 0 aliphatic heterocycles. The zero-order valence-electron chi connectivity index (χ0n) is 8.11. The average molecular weight is 249 g/mol. The van der Waals surface area contributed by atoms with Gasteiger partial charge in [-0.05, 0) is 37.2 Å². The van der Waals surface area contributed by atoms with E-state index in [0.717, 1.165) is 0 Å². The van der Waals surface area contributed by atoms with Crippen molar-refractivity contribution in [3.63, 3.8) is 0 Å². The van der Waals surface area contributed by atoms with Gasteiger partial charge < -0.3 is 5.73 Å². The van der Waals surface area contributed by atoms with Crippen LogP contribution in [-0.4, -0.2) is 21.5 Å². The van der Waals surface area contributed by atoms with E-state index in [1.165, 1.54) is 12.1 Å². The number of nitrogens with two attached hydrogens (primary N) is 1. The van der Waals surface area contributed by atoms with E-state index < -0.39 is 10.0 Å². The minimum Gasteiger partial charge on any atom is -0.330 e.